The normalized spacial score (nSPS) is 68.7. The smallest absolute Gasteiger partial charge is 0.0632 e. The van der Waals surface area contributed by atoms with Gasteiger partial charge < -0.3 is 5.11 Å². The Morgan fingerprint density at radius 1 is 1.27 bits per heavy atom. The van der Waals surface area contributed by atoms with Crippen molar-refractivity contribution in [2.24, 2.45) is 28.6 Å². The standard InChI is InChI=1S/C10H16O/c1-9(2)7-5-4-10(9,3)8(11)6(5)7/h5-8,11H,4H2,1-3H3/t5?,6?,7-,8+,10+/m0/s1. The van der Waals surface area contributed by atoms with Crippen LogP contribution in [0.2, 0.25) is 0 Å². The highest BCUT2D eigenvalue weighted by Crippen LogP contribution is 2.83. The predicted octanol–water partition coefficient (Wildman–Crippen LogP) is 1.66. The molecule has 4 aliphatic carbocycles. The molecule has 0 aromatic rings. The SMILES string of the molecule is CC1(C)[C@H]2C3C[C@]1(C)[C@H](O)C32. The number of hydrogen-bond acceptors (Lipinski definition) is 1. The molecule has 4 bridgehead atoms. The highest BCUT2D eigenvalue weighted by molar-refractivity contribution is 5.29. The van der Waals surface area contributed by atoms with Crippen molar-refractivity contribution in [3.05, 3.63) is 0 Å². The van der Waals surface area contributed by atoms with E-state index in [1.807, 2.05) is 0 Å². The van der Waals surface area contributed by atoms with E-state index in [1.54, 1.807) is 0 Å². The summed E-state index contributed by atoms with van der Waals surface area (Å²) in [6.45, 7) is 6.96. The Labute approximate surface area is 67.8 Å². The van der Waals surface area contributed by atoms with E-state index in [2.05, 4.69) is 20.8 Å². The van der Waals surface area contributed by atoms with Gasteiger partial charge in [-0.2, -0.15) is 0 Å². The monoisotopic (exact) mass is 152 g/mol. The van der Waals surface area contributed by atoms with Gasteiger partial charge in [0.25, 0.3) is 0 Å². The molecule has 5 atom stereocenters. The van der Waals surface area contributed by atoms with Crippen molar-refractivity contribution in [3.8, 4) is 0 Å². The highest BCUT2D eigenvalue weighted by Gasteiger charge is 2.81. The van der Waals surface area contributed by atoms with Crippen molar-refractivity contribution in [1.29, 1.82) is 0 Å². The second kappa shape index (κ2) is 1.28. The third-order valence-electron chi connectivity index (χ3n) is 5.21. The van der Waals surface area contributed by atoms with E-state index in [-0.39, 0.29) is 11.5 Å². The lowest BCUT2D eigenvalue weighted by Gasteiger charge is -2.36. The minimum Gasteiger partial charge on any atom is -0.392 e. The first kappa shape index (κ1) is 6.47. The molecule has 1 N–H and O–H groups in total. The molecule has 4 fully saturated rings. The van der Waals surface area contributed by atoms with Crippen LogP contribution in [-0.4, -0.2) is 11.2 Å². The second-order valence-corrected chi connectivity index (χ2v) is 5.56. The topological polar surface area (TPSA) is 20.2 Å². The predicted molar refractivity (Wildman–Crippen MR) is 43.0 cm³/mol. The zero-order valence-corrected chi connectivity index (χ0v) is 7.46. The average Bonchev–Trinajstić information content (AvgIpc) is 2.43. The molecule has 0 aliphatic heterocycles. The van der Waals surface area contributed by atoms with E-state index >= 15 is 0 Å². The van der Waals surface area contributed by atoms with E-state index in [9.17, 15) is 5.11 Å². The van der Waals surface area contributed by atoms with Crippen molar-refractivity contribution in [3.63, 3.8) is 0 Å². The molecule has 0 aromatic heterocycles. The molecule has 0 aromatic carbocycles. The van der Waals surface area contributed by atoms with Gasteiger partial charge in [0.1, 0.15) is 0 Å². The molecule has 1 heteroatoms. The second-order valence-electron chi connectivity index (χ2n) is 5.56. The van der Waals surface area contributed by atoms with Crippen molar-refractivity contribution in [2.45, 2.75) is 33.3 Å². The van der Waals surface area contributed by atoms with Gasteiger partial charge >= 0.3 is 0 Å². The zero-order chi connectivity index (χ0) is 8.02. The van der Waals surface area contributed by atoms with E-state index in [1.165, 1.54) is 6.42 Å². The van der Waals surface area contributed by atoms with Crippen molar-refractivity contribution < 1.29 is 5.11 Å². The van der Waals surface area contributed by atoms with E-state index in [0.717, 1.165) is 11.8 Å². The third kappa shape index (κ3) is 0.395. The molecule has 0 saturated heterocycles. The lowest BCUT2D eigenvalue weighted by molar-refractivity contribution is 0.0184. The van der Waals surface area contributed by atoms with Crippen LogP contribution in [0.1, 0.15) is 27.2 Å². The van der Waals surface area contributed by atoms with Crippen molar-refractivity contribution in [1.82, 2.24) is 0 Å². The largest absolute Gasteiger partial charge is 0.392 e. The van der Waals surface area contributed by atoms with Crippen LogP contribution in [0.5, 0.6) is 0 Å². The molecule has 0 amide bonds. The first-order valence-electron chi connectivity index (χ1n) is 4.68. The fraction of sp³-hybridized carbons (Fsp3) is 1.00. The van der Waals surface area contributed by atoms with Gasteiger partial charge in [-0.25, -0.2) is 0 Å². The Hall–Kier alpha value is -0.0400. The quantitative estimate of drug-likeness (QED) is 0.559. The van der Waals surface area contributed by atoms with Crippen molar-refractivity contribution >= 4 is 0 Å². The summed E-state index contributed by atoms with van der Waals surface area (Å²) in [7, 11) is 0. The van der Waals surface area contributed by atoms with Gasteiger partial charge in [0.05, 0.1) is 6.10 Å². The van der Waals surface area contributed by atoms with Crippen LogP contribution in [0.4, 0.5) is 0 Å². The van der Waals surface area contributed by atoms with Crippen LogP contribution < -0.4 is 0 Å². The van der Waals surface area contributed by atoms with Gasteiger partial charge in [-0.3, -0.25) is 0 Å². The van der Waals surface area contributed by atoms with Gasteiger partial charge in [-0.05, 0) is 35.0 Å². The maximum atomic E-state index is 9.94. The number of hydrogen-bond donors (Lipinski definition) is 1. The summed E-state index contributed by atoms with van der Waals surface area (Å²) in [6, 6.07) is 0. The van der Waals surface area contributed by atoms with Crippen molar-refractivity contribution in [2.75, 3.05) is 0 Å². The summed E-state index contributed by atoms with van der Waals surface area (Å²) in [6.07, 6.45) is 1.31. The Morgan fingerprint density at radius 2 is 1.91 bits per heavy atom. The van der Waals surface area contributed by atoms with Gasteiger partial charge in [0, 0.05) is 0 Å². The summed E-state index contributed by atoms with van der Waals surface area (Å²) in [4.78, 5) is 0. The molecular weight excluding hydrogens is 136 g/mol. The third-order valence-corrected chi connectivity index (χ3v) is 5.21. The molecule has 4 aliphatic rings. The fourth-order valence-corrected chi connectivity index (χ4v) is 4.17. The van der Waals surface area contributed by atoms with Crippen LogP contribution >= 0.6 is 0 Å². The Balaban J connectivity index is 2.16. The Bertz CT molecular complexity index is 231. The summed E-state index contributed by atoms with van der Waals surface area (Å²) in [5.74, 6) is 2.45. The van der Waals surface area contributed by atoms with Crippen LogP contribution in [0.25, 0.3) is 0 Å². The van der Waals surface area contributed by atoms with E-state index in [0.29, 0.717) is 11.3 Å². The summed E-state index contributed by atoms with van der Waals surface area (Å²) in [5, 5.41) is 9.94. The average molecular weight is 152 g/mol. The van der Waals surface area contributed by atoms with E-state index < -0.39 is 0 Å². The molecule has 1 nitrogen and oxygen atoms in total. The van der Waals surface area contributed by atoms with Crippen LogP contribution in [0, 0.1) is 28.6 Å². The van der Waals surface area contributed by atoms with Gasteiger partial charge in [0.15, 0.2) is 0 Å². The van der Waals surface area contributed by atoms with Crippen LogP contribution in [0.15, 0.2) is 0 Å². The number of aliphatic hydroxyl groups is 1. The first-order chi connectivity index (χ1) is 5.00. The number of aliphatic hydroxyl groups excluding tert-OH is 1. The fourth-order valence-electron chi connectivity index (χ4n) is 4.17. The molecule has 2 unspecified atom stereocenters. The molecule has 0 heterocycles. The zero-order valence-electron chi connectivity index (χ0n) is 7.46. The Kier molecular flexibility index (Phi) is 0.755. The molecule has 0 spiro atoms. The summed E-state index contributed by atoms with van der Waals surface area (Å²) < 4.78 is 0. The van der Waals surface area contributed by atoms with Gasteiger partial charge in [0.2, 0.25) is 0 Å². The summed E-state index contributed by atoms with van der Waals surface area (Å²) in [5.41, 5.74) is 0.675. The number of rotatable bonds is 0. The maximum absolute atomic E-state index is 9.94. The Morgan fingerprint density at radius 3 is 2.00 bits per heavy atom. The van der Waals surface area contributed by atoms with Crippen LogP contribution in [-0.2, 0) is 0 Å². The molecule has 62 valence electrons. The lowest BCUT2D eigenvalue weighted by atomic mass is 9.70. The minimum atomic E-state index is 0.0208. The van der Waals surface area contributed by atoms with Gasteiger partial charge in [-0.1, -0.05) is 20.8 Å². The minimum absolute atomic E-state index is 0.0208. The molecule has 4 rings (SSSR count). The first-order valence-corrected chi connectivity index (χ1v) is 4.68. The van der Waals surface area contributed by atoms with E-state index in [4.69, 9.17) is 0 Å². The maximum Gasteiger partial charge on any atom is 0.0632 e. The molecule has 0 radical (unpaired) electrons. The lowest BCUT2D eigenvalue weighted by Crippen LogP contribution is -2.35. The summed E-state index contributed by atoms with van der Waals surface area (Å²) >= 11 is 0. The van der Waals surface area contributed by atoms with Crippen LogP contribution in [0.3, 0.4) is 0 Å². The van der Waals surface area contributed by atoms with Gasteiger partial charge in [-0.15, -0.1) is 0 Å². The molecular formula is C10H16O. The highest BCUT2D eigenvalue weighted by atomic mass is 16.3. The molecule has 11 heavy (non-hydrogen) atoms. The molecule has 4 saturated carbocycles.